The average molecular weight is 439 g/mol. The van der Waals surface area contributed by atoms with Gasteiger partial charge in [-0.2, -0.15) is 0 Å². The first kappa shape index (κ1) is 21.4. The van der Waals surface area contributed by atoms with E-state index in [9.17, 15) is 9.59 Å². The first-order chi connectivity index (χ1) is 15.1. The third kappa shape index (κ3) is 5.46. The van der Waals surface area contributed by atoms with Gasteiger partial charge in [0.2, 0.25) is 5.91 Å². The topological polar surface area (TPSA) is 74.8 Å². The molecule has 1 aliphatic rings. The van der Waals surface area contributed by atoms with Gasteiger partial charge in [-0.25, -0.2) is 4.98 Å². The number of thiazole rings is 1. The van der Waals surface area contributed by atoms with Crippen molar-refractivity contribution in [2.24, 2.45) is 0 Å². The SMILES string of the molecule is Cc1csc(NC(=O)CN(CCN2CCOCC2)C(=O)c2cccc3ccccc23)n1. The van der Waals surface area contributed by atoms with Crippen LogP contribution in [0.2, 0.25) is 0 Å². The molecule has 0 aliphatic carbocycles. The van der Waals surface area contributed by atoms with Crippen LogP contribution in [0.4, 0.5) is 5.13 Å². The average Bonchev–Trinajstić information content (AvgIpc) is 3.20. The van der Waals surface area contributed by atoms with Gasteiger partial charge in [-0.1, -0.05) is 36.4 Å². The van der Waals surface area contributed by atoms with Crippen LogP contribution in [0.25, 0.3) is 10.8 Å². The van der Waals surface area contributed by atoms with Crippen molar-refractivity contribution in [2.75, 3.05) is 51.3 Å². The Morgan fingerprint density at radius 3 is 2.71 bits per heavy atom. The van der Waals surface area contributed by atoms with Crippen molar-refractivity contribution in [3.8, 4) is 0 Å². The Morgan fingerprint density at radius 2 is 1.94 bits per heavy atom. The van der Waals surface area contributed by atoms with Crippen molar-refractivity contribution < 1.29 is 14.3 Å². The lowest BCUT2D eigenvalue weighted by Gasteiger charge is -2.30. The maximum atomic E-state index is 13.5. The van der Waals surface area contributed by atoms with E-state index < -0.39 is 0 Å². The van der Waals surface area contributed by atoms with E-state index in [4.69, 9.17) is 4.74 Å². The predicted octanol–water partition coefficient (Wildman–Crippen LogP) is 3.02. The highest BCUT2D eigenvalue weighted by Gasteiger charge is 2.22. The Hall–Kier alpha value is -2.81. The summed E-state index contributed by atoms with van der Waals surface area (Å²) >= 11 is 1.38. The van der Waals surface area contributed by atoms with Crippen LogP contribution in [-0.2, 0) is 9.53 Å². The largest absolute Gasteiger partial charge is 0.379 e. The lowest BCUT2D eigenvalue weighted by Crippen LogP contribution is -2.45. The fraction of sp³-hybridized carbons (Fsp3) is 0.348. The van der Waals surface area contributed by atoms with Crippen LogP contribution in [0.1, 0.15) is 16.1 Å². The number of aryl methyl sites for hydroxylation is 1. The van der Waals surface area contributed by atoms with Crippen molar-refractivity contribution in [1.82, 2.24) is 14.8 Å². The van der Waals surface area contributed by atoms with E-state index in [1.807, 2.05) is 54.8 Å². The molecule has 1 saturated heterocycles. The molecule has 1 aliphatic heterocycles. The summed E-state index contributed by atoms with van der Waals surface area (Å²) in [6, 6.07) is 13.5. The number of amides is 2. The molecule has 0 bridgehead atoms. The van der Waals surface area contributed by atoms with Crippen LogP contribution >= 0.6 is 11.3 Å². The number of rotatable bonds is 7. The number of hydrogen-bond acceptors (Lipinski definition) is 6. The van der Waals surface area contributed by atoms with Gasteiger partial charge < -0.3 is 15.0 Å². The van der Waals surface area contributed by atoms with Crippen molar-refractivity contribution in [1.29, 1.82) is 0 Å². The second kappa shape index (κ2) is 10.00. The number of carbonyl (C=O) groups is 2. The fourth-order valence-corrected chi connectivity index (χ4v) is 4.37. The second-order valence-electron chi connectivity index (χ2n) is 7.55. The monoisotopic (exact) mass is 438 g/mol. The normalized spacial score (nSPS) is 14.5. The quantitative estimate of drug-likeness (QED) is 0.614. The summed E-state index contributed by atoms with van der Waals surface area (Å²) in [4.78, 5) is 34.4. The van der Waals surface area contributed by atoms with Crippen LogP contribution in [0.3, 0.4) is 0 Å². The van der Waals surface area contributed by atoms with E-state index in [1.165, 1.54) is 11.3 Å². The number of aromatic nitrogens is 1. The highest BCUT2D eigenvalue weighted by atomic mass is 32.1. The van der Waals surface area contributed by atoms with Gasteiger partial charge in [-0.3, -0.25) is 14.5 Å². The van der Waals surface area contributed by atoms with Gasteiger partial charge in [0.05, 0.1) is 18.9 Å². The number of ether oxygens (including phenoxy) is 1. The number of morpholine rings is 1. The van der Waals surface area contributed by atoms with Gasteiger partial charge in [0.15, 0.2) is 5.13 Å². The minimum absolute atomic E-state index is 0.0228. The van der Waals surface area contributed by atoms with E-state index in [2.05, 4.69) is 15.2 Å². The van der Waals surface area contributed by atoms with Crippen LogP contribution in [-0.4, -0.2) is 72.5 Å². The molecule has 0 radical (unpaired) electrons. The minimum Gasteiger partial charge on any atom is -0.379 e. The summed E-state index contributed by atoms with van der Waals surface area (Å²) in [5.74, 6) is -0.388. The molecule has 7 nitrogen and oxygen atoms in total. The Bertz CT molecular complexity index is 1060. The molecular weight excluding hydrogens is 412 g/mol. The molecule has 3 aromatic rings. The summed E-state index contributed by atoms with van der Waals surface area (Å²) in [5, 5.41) is 7.14. The van der Waals surface area contributed by atoms with Crippen molar-refractivity contribution in [3.63, 3.8) is 0 Å². The van der Waals surface area contributed by atoms with Crippen molar-refractivity contribution >= 4 is 39.1 Å². The Labute approximate surface area is 185 Å². The van der Waals surface area contributed by atoms with Crippen LogP contribution < -0.4 is 5.32 Å². The number of fused-ring (bicyclic) bond motifs is 1. The first-order valence-corrected chi connectivity index (χ1v) is 11.3. The zero-order chi connectivity index (χ0) is 21.6. The number of anilines is 1. The molecule has 2 aromatic carbocycles. The molecule has 31 heavy (non-hydrogen) atoms. The van der Waals surface area contributed by atoms with Gasteiger partial charge in [0, 0.05) is 37.1 Å². The molecule has 1 fully saturated rings. The summed E-state index contributed by atoms with van der Waals surface area (Å²) < 4.78 is 5.41. The highest BCUT2D eigenvalue weighted by Crippen LogP contribution is 2.20. The molecule has 4 rings (SSSR count). The summed E-state index contributed by atoms with van der Waals surface area (Å²) in [6.07, 6.45) is 0. The van der Waals surface area contributed by atoms with E-state index >= 15 is 0 Å². The predicted molar refractivity (Wildman–Crippen MR) is 123 cm³/mol. The van der Waals surface area contributed by atoms with Crippen molar-refractivity contribution in [2.45, 2.75) is 6.92 Å². The molecule has 2 amide bonds. The third-order valence-electron chi connectivity index (χ3n) is 5.30. The highest BCUT2D eigenvalue weighted by molar-refractivity contribution is 7.13. The van der Waals surface area contributed by atoms with E-state index in [0.29, 0.717) is 37.0 Å². The van der Waals surface area contributed by atoms with Crippen LogP contribution in [0, 0.1) is 6.92 Å². The molecule has 0 saturated carbocycles. The number of nitrogens with one attached hydrogen (secondary N) is 1. The number of benzene rings is 2. The van der Waals surface area contributed by atoms with Gasteiger partial charge in [0.25, 0.3) is 5.91 Å². The summed E-state index contributed by atoms with van der Waals surface area (Å²) in [7, 11) is 0. The smallest absolute Gasteiger partial charge is 0.254 e. The zero-order valence-electron chi connectivity index (χ0n) is 17.5. The van der Waals surface area contributed by atoms with Crippen molar-refractivity contribution in [3.05, 3.63) is 59.1 Å². The van der Waals surface area contributed by atoms with E-state index in [1.54, 1.807) is 4.90 Å². The second-order valence-corrected chi connectivity index (χ2v) is 8.41. The van der Waals surface area contributed by atoms with Gasteiger partial charge in [-0.15, -0.1) is 11.3 Å². The number of carbonyl (C=O) groups excluding carboxylic acids is 2. The standard InChI is InChI=1S/C23H26N4O3S/c1-17-16-31-23(24-17)25-21(28)15-27(10-9-26-11-13-30-14-12-26)22(29)20-8-4-6-18-5-2-3-7-19(18)20/h2-8,16H,9-15H2,1H3,(H,24,25,28). The molecule has 1 N–H and O–H groups in total. The molecule has 2 heterocycles. The third-order valence-corrected chi connectivity index (χ3v) is 6.17. The molecular formula is C23H26N4O3S. The molecule has 0 spiro atoms. The Morgan fingerprint density at radius 1 is 1.16 bits per heavy atom. The molecule has 1 aromatic heterocycles. The molecule has 8 heteroatoms. The van der Waals surface area contributed by atoms with Gasteiger partial charge in [0.1, 0.15) is 6.54 Å². The fourth-order valence-electron chi connectivity index (χ4n) is 3.67. The van der Waals surface area contributed by atoms with E-state index in [-0.39, 0.29) is 18.4 Å². The Balaban J connectivity index is 1.52. The molecule has 0 atom stereocenters. The zero-order valence-corrected chi connectivity index (χ0v) is 18.4. The van der Waals surface area contributed by atoms with Gasteiger partial charge in [-0.05, 0) is 23.8 Å². The number of nitrogens with zero attached hydrogens (tertiary/aromatic N) is 3. The maximum absolute atomic E-state index is 13.5. The minimum atomic E-state index is -0.245. The summed E-state index contributed by atoms with van der Waals surface area (Å²) in [5.41, 5.74) is 1.47. The van der Waals surface area contributed by atoms with Crippen LogP contribution in [0.15, 0.2) is 47.8 Å². The lowest BCUT2D eigenvalue weighted by molar-refractivity contribution is -0.117. The first-order valence-electron chi connectivity index (χ1n) is 10.4. The Kier molecular flexibility index (Phi) is 6.91. The lowest BCUT2D eigenvalue weighted by atomic mass is 10.0. The maximum Gasteiger partial charge on any atom is 0.254 e. The molecule has 162 valence electrons. The van der Waals surface area contributed by atoms with Gasteiger partial charge >= 0.3 is 0 Å². The molecule has 0 unspecified atom stereocenters. The van der Waals surface area contributed by atoms with E-state index in [0.717, 1.165) is 29.6 Å². The van der Waals surface area contributed by atoms with Crippen LogP contribution in [0.5, 0.6) is 0 Å². The number of hydrogen-bond donors (Lipinski definition) is 1. The summed E-state index contributed by atoms with van der Waals surface area (Å²) in [6.45, 7) is 6.08.